The predicted octanol–water partition coefficient (Wildman–Crippen LogP) is 2.61. The van der Waals surface area contributed by atoms with Gasteiger partial charge in [-0.25, -0.2) is 0 Å². The van der Waals surface area contributed by atoms with Gasteiger partial charge in [0, 0.05) is 6.04 Å². The summed E-state index contributed by atoms with van der Waals surface area (Å²) in [7, 11) is 1.70. The quantitative estimate of drug-likeness (QED) is 0.805. The van der Waals surface area contributed by atoms with E-state index in [0.717, 1.165) is 18.6 Å². The van der Waals surface area contributed by atoms with Gasteiger partial charge in [0.05, 0.1) is 7.11 Å². The highest BCUT2D eigenvalue weighted by atomic mass is 16.5. The minimum atomic E-state index is 0.251. The lowest BCUT2D eigenvalue weighted by molar-refractivity contribution is 0.409. The smallest absolute Gasteiger partial charge is 0.119 e. The van der Waals surface area contributed by atoms with Crippen molar-refractivity contribution < 1.29 is 4.74 Å². The average Bonchev–Trinajstić information content (AvgIpc) is 2.25. The zero-order chi connectivity index (χ0) is 11.3. The molecule has 0 bridgehead atoms. The van der Waals surface area contributed by atoms with E-state index in [1.165, 1.54) is 5.56 Å². The maximum absolute atomic E-state index is 5.93. The summed E-state index contributed by atoms with van der Waals surface area (Å²) in [6.07, 6.45) is 2.15. The first-order valence-corrected chi connectivity index (χ1v) is 5.55. The fourth-order valence-electron chi connectivity index (χ4n) is 1.80. The van der Waals surface area contributed by atoms with E-state index < -0.39 is 0 Å². The minimum Gasteiger partial charge on any atom is -0.497 e. The third kappa shape index (κ3) is 3.56. The Kier molecular flexibility index (Phi) is 4.63. The highest BCUT2D eigenvalue weighted by molar-refractivity contribution is 5.28. The number of hydrogen-bond donors (Lipinski definition) is 1. The summed E-state index contributed by atoms with van der Waals surface area (Å²) in [5, 5.41) is 0. The lowest BCUT2D eigenvalue weighted by atomic mass is 9.91. The van der Waals surface area contributed by atoms with Crippen LogP contribution in [0.5, 0.6) is 5.75 Å². The number of hydrogen-bond acceptors (Lipinski definition) is 2. The Labute approximate surface area is 92.4 Å². The summed E-state index contributed by atoms with van der Waals surface area (Å²) >= 11 is 0. The summed E-state index contributed by atoms with van der Waals surface area (Å²) in [4.78, 5) is 0. The van der Waals surface area contributed by atoms with Crippen LogP contribution in [0.15, 0.2) is 24.3 Å². The number of methoxy groups -OCH3 is 1. The van der Waals surface area contributed by atoms with Crippen LogP contribution in [-0.4, -0.2) is 13.2 Å². The van der Waals surface area contributed by atoms with Gasteiger partial charge in [0.1, 0.15) is 5.75 Å². The van der Waals surface area contributed by atoms with Gasteiger partial charge in [-0.2, -0.15) is 0 Å². The van der Waals surface area contributed by atoms with Crippen LogP contribution in [-0.2, 0) is 6.42 Å². The van der Waals surface area contributed by atoms with Crippen molar-refractivity contribution in [1.82, 2.24) is 0 Å². The molecule has 2 nitrogen and oxygen atoms in total. The van der Waals surface area contributed by atoms with Crippen molar-refractivity contribution in [1.29, 1.82) is 0 Å². The Morgan fingerprint density at radius 3 is 2.67 bits per heavy atom. The van der Waals surface area contributed by atoms with E-state index in [1.807, 2.05) is 12.1 Å². The molecule has 0 aliphatic carbocycles. The van der Waals surface area contributed by atoms with Crippen LogP contribution in [0.2, 0.25) is 0 Å². The SMILES string of the molecule is CCC(Cc1cccc(OC)c1)C(C)N. The fourth-order valence-corrected chi connectivity index (χ4v) is 1.80. The zero-order valence-corrected chi connectivity index (χ0v) is 9.86. The van der Waals surface area contributed by atoms with Gasteiger partial charge >= 0.3 is 0 Å². The first kappa shape index (κ1) is 12.1. The largest absolute Gasteiger partial charge is 0.497 e. The Balaban J connectivity index is 2.70. The fraction of sp³-hybridized carbons (Fsp3) is 0.538. The Hall–Kier alpha value is -1.02. The summed E-state index contributed by atoms with van der Waals surface area (Å²) < 4.78 is 5.20. The molecule has 2 unspecified atom stereocenters. The maximum Gasteiger partial charge on any atom is 0.119 e. The van der Waals surface area contributed by atoms with Crippen molar-refractivity contribution in [2.75, 3.05) is 7.11 Å². The van der Waals surface area contributed by atoms with Gasteiger partial charge in [-0.05, 0) is 37.0 Å². The first-order chi connectivity index (χ1) is 7.17. The molecule has 0 heterocycles. The molecule has 0 saturated carbocycles. The molecule has 1 rings (SSSR count). The Morgan fingerprint density at radius 1 is 1.40 bits per heavy atom. The second-order valence-corrected chi connectivity index (χ2v) is 4.08. The van der Waals surface area contributed by atoms with Gasteiger partial charge in [-0.3, -0.25) is 0 Å². The topological polar surface area (TPSA) is 35.2 Å². The molecular formula is C13H21NO. The van der Waals surface area contributed by atoms with E-state index in [0.29, 0.717) is 5.92 Å². The molecule has 84 valence electrons. The van der Waals surface area contributed by atoms with Crippen molar-refractivity contribution in [2.45, 2.75) is 32.7 Å². The third-order valence-corrected chi connectivity index (χ3v) is 2.90. The average molecular weight is 207 g/mol. The van der Waals surface area contributed by atoms with E-state index in [9.17, 15) is 0 Å². The highest BCUT2D eigenvalue weighted by Crippen LogP contribution is 2.18. The van der Waals surface area contributed by atoms with Crippen LogP contribution in [0.25, 0.3) is 0 Å². The van der Waals surface area contributed by atoms with Gasteiger partial charge < -0.3 is 10.5 Å². The molecule has 0 radical (unpaired) electrons. The molecule has 2 heteroatoms. The molecule has 1 aromatic carbocycles. The molecule has 0 spiro atoms. The first-order valence-electron chi connectivity index (χ1n) is 5.55. The monoisotopic (exact) mass is 207 g/mol. The molecule has 15 heavy (non-hydrogen) atoms. The molecule has 0 saturated heterocycles. The molecule has 2 N–H and O–H groups in total. The van der Waals surface area contributed by atoms with Crippen LogP contribution < -0.4 is 10.5 Å². The highest BCUT2D eigenvalue weighted by Gasteiger charge is 2.12. The van der Waals surface area contributed by atoms with Crippen LogP contribution in [0.1, 0.15) is 25.8 Å². The maximum atomic E-state index is 5.93. The molecule has 0 aliphatic rings. The van der Waals surface area contributed by atoms with Crippen LogP contribution in [0, 0.1) is 5.92 Å². The molecular weight excluding hydrogens is 186 g/mol. The summed E-state index contributed by atoms with van der Waals surface area (Å²) in [5.41, 5.74) is 7.24. The predicted molar refractivity (Wildman–Crippen MR) is 64.1 cm³/mol. The lowest BCUT2D eigenvalue weighted by Crippen LogP contribution is -2.27. The zero-order valence-electron chi connectivity index (χ0n) is 9.86. The molecule has 2 atom stereocenters. The molecule has 0 amide bonds. The third-order valence-electron chi connectivity index (χ3n) is 2.90. The summed E-state index contributed by atoms with van der Waals surface area (Å²) in [5.74, 6) is 1.48. The molecule has 0 aromatic heterocycles. The van der Waals surface area contributed by atoms with E-state index in [-0.39, 0.29) is 6.04 Å². The van der Waals surface area contributed by atoms with Crippen LogP contribution in [0.4, 0.5) is 0 Å². The summed E-state index contributed by atoms with van der Waals surface area (Å²) in [6, 6.07) is 8.47. The van der Waals surface area contributed by atoms with Crippen molar-refractivity contribution >= 4 is 0 Å². The van der Waals surface area contributed by atoms with Crippen molar-refractivity contribution in [2.24, 2.45) is 11.7 Å². The molecule has 0 aliphatic heterocycles. The van der Waals surface area contributed by atoms with E-state index in [1.54, 1.807) is 7.11 Å². The van der Waals surface area contributed by atoms with Crippen LogP contribution >= 0.6 is 0 Å². The van der Waals surface area contributed by atoms with Gasteiger partial charge in [0.25, 0.3) is 0 Å². The molecule has 0 fully saturated rings. The molecule has 1 aromatic rings. The summed E-state index contributed by atoms with van der Waals surface area (Å²) in [6.45, 7) is 4.27. The number of nitrogens with two attached hydrogens (primary N) is 1. The van der Waals surface area contributed by atoms with E-state index >= 15 is 0 Å². The van der Waals surface area contributed by atoms with Crippen LogP contribution in [0.3, 0.4) is 0 Å². The second kappa shape index (κ2) is 5.76. The Morgan fingerprint density at radius 2 is 2.13 bits per heavy atom. The van der Waals surface area contributed by atoms with Gasteiger partial charge in [0.2, 0.25) is 0 Å². The van der Waals surface area contributed by atoms with E-state index in [2.05, 4.69) is 26.0 Å². The van der Waals surface area contributed by atoms with Crippen molar-refractivity contribution in [3.05, 3.63) is 29.8 Å². The van der Waals surface area contributed by atoms with Gasteiger partial charge in [-0.1, -0.05) is 25.5 Å². The second-order valence-electron chi connectivity index (χ2n) is 4.08. The van der Waals surface area contributed by atoms with Crippen molar-refractivity contribution in [3.63, 3.8) is 0 Å². The van der Waals surface area contributed by atoms with Crippen molar-refractivity contribution in [3.8, 4) is 5.75 Å². The lowest BCUT2D eigenvalue weighted by Gasteiger charge is -2.19. The normalized spacial score (nSPS) is 14.7. The number of ether oxygens (including phenoxy) is 1. The minimum absolute atomic E-state index is 0.251. The Bertz CT molecular complexity index is 296. The number of rotatable bonds is 5. The van der Waals surface area contributed by atoms with Gasteiger partial charge in [-0.15, -0.1) is 0 Å². The standard InChI is InChI=1S/C13H21NO/c1-4-12(10(2)14)8-11-6-5-7-13(9-11)15-3/h5-7,9-10,12H,4,8,14H2,1-3H3. The van der Waals surface area contributed by atoms with Gasteiger partial charge in [0.15, 0.2) is 0 Å². The number of benzene rings is 1. The van der Waals surface area contributed by atoms with E-state index in [4.69, 9.17) is 10.5 Å².